The van der Waals surface area contributed by atoms with Crippen LogP contribution in [0.1, 0.15) is 46.1 Å². The van der Waals surface area contributed by atoms with E-state index >= 15 is 0 Å². The summed E-state index contributed by atoms with van der Waals surface area (Å²) >= 11 is 0. The highest BCUT2D eigenvalue weighted by Crippen LogP contribution is 2.23. The van der Waals surface area contributed by atoms with E-state index in [1.54, 1.807) is 30.3 Å². The molecule has 1 saturated heterocycles. The van der Waals surface area contributed by atoms with Gasteiger partial charge in [0.15, 0.2) is 6.10 Å². The molecule has 3 atom stereocenters. The van der Waals surface area contributed by atoms with Crippen LogP contribution in [-0.2, 0) is 44.5 Å². The van der Waals surface area contributed by atoms with Gasteiger partial charge in [-0.2, -0.15) is 8.42 Å². The lowest BCUT2D eigenvalue weighted by Gasteiger charge is -2.22. The maximum absolute atomic E-state index is 12.8. The van der Waals surface area contributed by atoms with Crippen molar-refractivity contribution in [3.63, 3.8) is 0 Å². The average molecular weight is 485 g/mol. The molecule has 0 saturated carbocycles. The number of hydrogen-bond acceptors (Lipinski definition) is 8. The molecule has 184 valence electrons. The van der Waals surface area contributed by atoms with Gasteiger partial charge in [0.05, 0.1) is 0 Å². The van der Waals surface area contributed by atoms with Crippen LogP contribution in [0.25, 0.3) is 0 Å². The molecule has 0 unspecified atom stereocenters. The Morgan fingerprint density at radius 1 is 1.00 bits per heavy atom. The monoisotopic (exact) mass is 484 g/mol. The summed E-state index contributed by atoms with van der Waals surface area (Å²) in [5.41, 5.74) is 0.670. The first-order valence-corrected chi connectivity index (χ1v) is 12.2. The lowest BCUT2D eigenvalue weighted by Crippen LogP contribution is -2.53. The van der Waals surface area contributed by atoms with Crippen LogP contribution in [0.4, 0.5) is 0 Å². The third kappa shape index (κ3) is 8.75. The van der Waals surface area contributed by atoms with Crippen LogP contribution < -0.4 is 10.6 Å². The van der Waals surface area contributed by atoms with Crippen molar-refractivity contribution in [1.82, 2.24) is 10.6 Å². The zero-order chi connectivity index (χ0) is 24.6. The van der Waals surface area contributed by atoms with E-state index in [9.17, 15) is 22.8 Å². The summed E-state index contributed by atoms with van der Waals surface area (Å²) in [6.45, 7) is 8.10. The first-order chi connectivity index (χ1) is 15.5. The van der Waals surface area contributed by atoms with Crippen LogP contribution in [0.15, 0.2) is 30.3 Å². The van der Waals surface area contributed by atoms with Crippen molar-refractivity contribution in [2.75, 3.05) is 6.54 Å². The molecule has 33 heavy (non-hydrogen) atoms. The lowest BCUT2D eigenvalue weighted by molar-refractivity contribution is -0.157. The molecule has 0 bridgehead atoms. The van der Waals surface area contributed by atoms with E-state index in [1.807, 2.05) is 27.7 Å². The van der Waals surface area contributed by atoms with Crippen LogP contribution in [0.5, 0.6) is 0 Å². The topological polar surface area (TPSA) is 137 Å². The standard InChI is InChI=1S/C22H32N2O8S/c1-14(2)10-11-23-20(25)17(12-15(3)4)24-21(26)18-19(32-33(28,29)31-18)22(27)30-13-16-8-6-5-7-9-16/h5-9,14-15,17-19H,10-13H2,1-4H3,(H,23,25)(H,24,26)/t17-,18-,19-/m0/s1. The number of nitrogens with one attached hydrogen (secondary N) is 2. The number of carbonyl (C=O) groups is 3. The minimum Gasteiger partial charge on any atom is -0.459 e. The largest absolute Gasteiger partial charge is 0.459 e. The highest BCUT2D eigenvalue weighted by molar-refractivity contribution is 7.82. The molecule has 11 heteroatoms. The van der Waals surface area contributed by atoms with Crippen molar-refractivity contribution in [3.05, 3.63) is 35.9 Å². The fourth-order valence-electron chi connectivity index (χ4n) is 3.10. The van der Waals surface area contributed by atoms with E-state index in [1.165, 1.54) is 0 Å². The Morgan fingerprint density at radius 2 is 1.64 bits per heavy atom. The summed E-state index contributed by atoms with van der Waals surface area (Å²) in [5, 5.41) is 5.26. The minimum absolute atomic E-state index is 0.0577. The number of benzene rings is 1. The maximum Gasteiger partial charge on any atom is 0.401 e. The molecule has 1 heterocycles. The Kier molecular flexibility index (Phi) is 9.81. The van der Waals surface area contributed by atoms with Gasteiger partial charge < -0.3 is 15.4 Å². The summed E-state index contributed by atoms with van der Waals surface area (Å²) < 4.78 is 38.1. The third-order valence-corrected chi connectivity index (χ3v) is 5.68. The SMILES string of the molecule is CC(C)CCNC(=O)[C@H](CC(C)C)NC(=O)[C@H]1OS(=O)(=O)O[C@@H]1C(=O)OCc1ccccc1. The van der Waals surface area contributed by atoms with Crippen LogP contribution in [0.2, 0.25) is 0 Å². The fourth-order valence-corrected chi connectivity index (χ4v) is 4.02. The maximum atomic E-state index is 12.8. The van der Waals surface area contributed by atoms with E-state index in [4.69, 9.17) is 8.92 Å². The van der Waals surface area contributed by atoms with Crippen LogP contribution in [0.3, 0.4) is 0 Å². The van der Waals surface area contributed by atoms with Gasteiger partial charge in [-0.25, -0.2) is 13.2 Å². The summed E-state index contributed by atoms with van der Waals surface area (Å²) in [6.07, 6.45) is -2.55. The lowest BCUT2D eigenvalue weighted by atomic mass is 10.0. The molecular weight excluding hydrogens is 452 g/mol. The molecule has 1 aromatic carbocycles. The molecule has 0 radical (unpaired) electrons. The average Bonchev–Trinajstić information content (AvgIpc) is 3.07. The molecule has 10 nitrogen and oxygen atoms in total. The smallest absolute Gasteiger partial charge is 0.401 e. The predicted octanol–water partition coefficient (Wildman–Crippen LogP) is 1.45. The first kappa shape index (κ1) is 26.7. The van der Waals surface area contributed by atoms with Gasteiger partial charge in [-0.15, -0.1) is 0 Å². The Bertz CT molecular complexity index is 918. The zero-order valence-corrected chi connectivity index (χ0v) is 20.1. The Balaban J connectivity index is 2.06. The second-order valence-electron chi connectivity index (χ2n) is 8.70. The van der Waals surface area contributed by atoms with E-state index in [0.717, 1.165) is 6.42 Å². The highest BCUT2D eigenvalue weighted by Gasteiger charge is 2.50. The van der Waals surface area contributed by atoms with Gasteiger partial charge in [-0.1, -0.05) is 58.0 Å². The van der Waals surface area contributed by atoms with Crippen molar-refractivity contribution in [1.29, 1.82) is 0 Å². The van der Waals surface area contributed by atoms with Gasteiger partial charge in [0.25, 0.3) is 5.91 Å². The van der Waals surface area contributed by atoms with Crippen molar-refractivity contribution >= 4 is 28.2 Å². The fraction of sp³-hybridized carbons (Fsp3) is 0.591. The quantitative estimate of drug-likeness (QED) is 0.450. The molecular formula is C22H32N2O8S. The van der Waals surface area contributed by atoms with Gasteiger partial charge in [0.2, 0.25) is 12.0 Å². The number of ether oxygens (including phenoxy) is 1. The molecule has 1 fully saturated rings. The number of esters is 1. The van der Waals surface area contributed by atoms with Crippen LogP contribution in [-0.4, -0.2) is 51.0 Å². The normalized spacial score (nSPS) is 20.4. The minimum atomic E-state index is -4.58. The molecule has 1 aromatic rings. The van der Waals surface area contributed by atoms with E-state index < -0.39 is 46.4 Å². The Morgan fingerprint density at radius 3 is 2.24 bits per heavy atom. The first-order valence-electron chi connectivity index (χ1n) is 10.9. The van der Waals surface area contributed by atoms with Crippen LogP contribution in [0, 0.1) is 11.8 Å². The third-order valence-electron chi connectivity index (χ3n) is 4.79. The highest BCUT2D eigenvalue weighted by atomic mass is 32.3. The molecule has 2 amide bonds. The van der Waals surface area contributed by atoms with Gasteiger partial charge in [0.1, 0.15) is 12.6 Å². The molecule has 1 aliphatic rings. The summed E-state index contributed by atoms with van der Waals surface area (Å²) in [4.78, 5) is 37.9. The zero-order valence-electron chi connectivity index (χ0n) is 19.3. The summed E-state index contributed by atoms with van der Waals surface area (Å²) in [7, 11) is -4.58. The molecule has 0 aromatic heterocycles. The number of amides is 2. The van der Waals surface area contributed by atoms with Gasteiger partial charge in [0, 0.05) is 6.54 Å². The second-order valence-corrected chi connectivity index (χ2v) is 9.90. The Hall–Kier alpha value is -2.50. The number of carbonyl (C=O) groups excluding carboxylic acids is 3. The Labute approximate surface area is 194 Å². The van der Waals surface area contributed by atoms with Crippen molar-refractivity contribution in [2.24, 2.45) is 11.8 Å². The molecule has 2 rings (SSSR count). The van der Waals surface area contributed by atoms with Crippen LogP contribution >= 0.6 is 0 Å². The van der Waals surface area contributed by atoms with Gasteiger partial charge in [-0.05, 0) is 30.2 Å². The molecule has 1 aliphatic heterocycles. The van der Waals surface area contributed by atoms with Gasteiger partial charge in [-0.3, -0.25) is 9.59 Å². The molecule has 0 aliphatic carbocycles. The number of rotatable bonds is 11. The van der Waals surface area contributed by atoms with Crippen molar-refractivity contribution in [3.8, 4) is 0 Å². The summed E-state index contributed by atoms with van der Waals surface area (Å²) in [6, 6.07) is 7.79. The molecule has 2 N–H and O–H groups in total. The second kappa shape index (κ2) is 12.1. The molecule has 0 spiro atoms. The van der Waals surface area contributed by atoms with Crippen molar-refractivity contribution < 1.29 is 35.9 Å². The summed E-state index contributed by atoms with van der Waals surface area (Å²) in [5.74, 6) is -1.98. The number of hydrogen-bond donors (Lipinski definition) is 2. The van der Waals surface area contributed by atoms with Gasteiger partial charge >= 0.3 is 16.4 Å². The van der Waals surface area contributed by atoms with E-state index in [2.05, 4.69) is 14.8 Å². The van der Waals surface area contributed by atoms with E-state index in [0.29, 0.717) is 24.4 Å². The predicted molar refractivity (Wildman–Crippen MR) is 119 cm³/mol. The van der Waals surface area contributed by atoms with Crippen molar-refractivity contribution in [2.45, 2.75) is 65.4 Å². The van der Waals surface area contributed by atoms with E-state index in [-0.39, 0.29) is 12.5 Å².